The lowest BCUT2D eigenvalue weighted by atomic mass is 10.1. The highest BCUT2D eigenvalue weighted by atomic mass is 19.4. The second-order valence-corrected chi connectivity index (χ2v) is 5.81. The Morgan fingerprint density at radius 2 is 2.00 bits per heavy atom. The summed E-state index contributed by atoms with van der Waals surface area (Å²) in [5, 5.41) is 7.54. The minimum Gasteiger partial charge on any atom is -0.334 e. The summed E-state index contributed by atoms with van der Waals surface area (Å²) < 4.78 is 40.4. The maximum Gasteiger partial charge on any atom is 0.416 e. The molecule has 0 saturated heterocycles. The molecule has 0 saturated carbocycles. The van der Waals surface area contributed by atoms with Gasteiger partial charge in [0, 0.05) is 19.4 Å². The first-order chi connectivity index (χ1) is 12.8. The Bertz CT molecular complexity index is 926. The van der Waals surface area contributed by atoms with Gasteiger partial charge in [0.05, 0.1) is 36.7 Å². The summed E-state index contributed by atoms with van der Waals surface area (Å²) in [6, 6.07) is 5.21. The molecule has 3 aromatic rings. The number of alkyl halides is 3. The van der Waals surface area contributed by atoms with E-state index >= 15 is 0 Å². The molecule has 3 rings (SSSR count). The molecule has 0 unspecified atom stereocenters. The van der Waals surface area contributed by atoms with Crippen LogP contribution in [0.5, 0.6) is 0 Å². The second kappa shape index (κ2) is 7.52. The molecule has 0 aliphatic rings. The molecule has 27 heavy (non-hydrogen) atoms. The Balaban J connectivity index is 1.73. The molecular weight excluding hydrogens is 361 g/mol. The lowest BCUT2D eigenvalue weighted by molar-refractivity contribution is -0.138. The smallest absolute Gasteiger partial charge is 0.334 e. The Labute approximate surface area is 152 Å². The van der Waals surface area contributed by atoms with Gasteiger partial charge in [0.25, 0.3) is 5.91 Å². The van der Waals surface area contributed by atoms with Crippen molar-refractivity contribution in [3.8, 4) is 0 Å². The van der Waals surface area contributed by atoms with Crippen LogP contribution >= 0.6 is 0 Å². The van der Waals surface area contributed by atoms with E-state index in [1.165, 1.54) is 52.6 Å². The largest absolute Gasteiger partial charge is 0.416 e. The van der Waals surface area contributed by atoms with Crippen molar-refractivity contribution in [3.63, 3.8) is 0 Å². The molecule has 0 N–H and O–H groups in total. The second-order valence-electron chi connectivity index (χ2n) is 5.81. The van der Waals surface area contributed by atoms with Crippen LogP contribution in [-0.2, 0) is 19.3 Å². The Morgan fingerprint density at radius 1 is 1.22 bits per heavy atom. The molecule has 0 radical (unpaired) electrons. The highest BCUT2D eigenvalue weighted by Crippen LogP contribution is 2.32. The molecule has 2 aromatic heterocycles. The third-order valence-electron chi connectivity index (χ3n) is 3.78. The van der Waals surface area contributed by atoms with Gasteiger partial charge in [-0.25, -0.2) is 4.68 Å². The summed E-state index contributed by atoms with van der Waals surface area (Å²) >= 11 is 0. The van der Waals surface area contributed by atoms with E-state index < -0.39 is 17.6 Å². The lowest BCUT2D eigenvalue weighted by Crippen LogP contribution is -2.27. The summed E-state index contributed by atoms with van der Waals surface area (Å²) in [5.74, 6) is -0.420. The van der Waals surface area contributed by atoms with Crippen LogP contribution in [0.4, 0.5) is 13.2 Å². The first-order valence-electron chi connectivity index (χ1n) is 7.90. The number of aromatic nitrogens is 5. The average molecular weight is 376 g/mol. The van der Waals surface area contributed by atoms with Gasteiger partial charge in [0.15, 0.2) is 5.69 Å². The van der Waals surface area contributed by atoms with Gasteiger partial charge in [0.2, 0.25) is 0 Å². The predicted octanol–water partition coefficient (Wildman–Crippen LogP) is 2.41. The van der Waals surface area contributed by atoms with Gasteiger partial charge in [0.1, 0.15) is 0 Å². The zero-order valence-electron chi connectivity index (χ0n) is 14.3. The zero-order valence-corrected chi connectivity index (χ0v) is 14.3. The van der Waals surface area contributed by atoms with Crippen LogP contribution in [0.25, 0.3) is 0 Å². The predicted molar refractivity (Wildman–Crippen MR) is 88.4 cm³/mol. The standard InChI is InChI=1S/C17H15F3N6O/c1-25(10-13-8-21-6-7-22-13)16(27)15-11-26(24-23-15)9-12-4-2-3-5-14(12)17(18,19)20/h2-8,11H,9-10H2,1H3. The molecule has 140 valence electrons. The molecule has 0 fully saturated rings. The van der Waals surface area contributed by atoms with Crippen molar-refractivity contribution in [1.29, 1.82) is 0 Å². The number of amides is 1. The fraction of sp³-hybridized carbons (Fsp3) is 0.235. The minimum absolute atomic E-state index is 0.0332. The first-order valence-corrected chi connectivity index (χ1v) is 7.90. The summed E-state index contributed by atoms with van der Waals surface area (Å²) in [7, 11) is 1.56. The average Bonchev–Trinajstić information content (AvgIpc) is 3.10. The van der Waals surface area contributed by atoms with Gasteiger partial charge < -0.3 is 4.90 Å². The van der Waals surface area contributed by atoms with Crippen LogP contribution < -0.4 is 0 Å². The highest BCUT2D eigenvalue weighted by Gasteiger charge is 2.33. The van der Waals surface area contributed by atoms with Gasteiger partial charge >= 0.3 is 6.18 Å². The molecular formula is C17H15F3N6O. The number of nitrogens with zero attached hydrogens (tertiary/aromatic N) is 6. The van der Waals surface area contributed by atoms with Gasteiger partial charge in [-0.1, -0.05) is 23.4 Å². The van der Waals surface area contributed by atoms with Crippen molar-refractivity contribution >= 4 is 5.91 Å². The Kier molecular flexibility index (Phi) is 5.15. The number of carbonyl (C=O) groups is 1. The van der Waals surface area contributed by atoms with E-state index in [1.807, 2.05) is 0 Å². The van der Waals surface area contributed by atoms with Crippen molar-refractivity contribution in [1.82, 2.24) is 29.9 Å². The van der Waals surface area contributed by atoms with Crippen molar-refractivity contribution in [2.45, 2.75) is 19.3 Å². The van der Waals surface area contributed by atoms with Gasteiger partial charge in [-0.2, -0.15) is 13.2 Å². The molecule has 0 spiro atoms. The Morgan fingerprint density at radius 3 is 2.70 bits per heavy atom. The van der Waals surface area contributed by atoms with E-state index in [0.717, 1.165) is 6.07 Å². The van der Waals surface area contributed by atoms with E-state index in [4.69, 9.17) is 0 Å². The molecule has 0 bridgehead atoms. The number of hydrogen-bond acceptors (Lipinski definition) is 5. The van der Waals surface area contributed by atoms with E-state index in [0.29, 0.717) is 5.69 Å². The molecule has 7 nitrogen and oxygen atoms in total. The van der Waals surface area contributed by atoms with Crippen LogP contribution in [0.3, 0.4) is 0 Å². The van der Waals surface area contributed by atoms with E-state index in [2.05, 4.69) is 20.3 Å². The topological polar surface area (TPSA) is 76.8 Å². The van der Waals surface area contributed by atoms with Crippen LogP contribution in [0.2, 0.25) is 0 Å². The van der Waals surface area contributed by atoms with Crippen molar-refractivity contribution in [2.24, 2.45) is 0 Å². The van der Waals surface area contributed by atoms with E-state index in [-0.39, 0.29) is 24.3 Å². The first kappa shape index (κ1) is 18.5. The molecule has 0 aliphatic heterocycles. The molecule has 1 aromatic carbocycles. The van der Waals surface area contributed by atoms with Crippen molar-refractivity contribution in [2.75, 3.05) is 7.05 Å². The summed E-state index contributed by atoms with van der Waals surface area (Å²) in [4.78, 5) is 21.8. The fourth-order valence-corrected chi connectivity index (χ4v) is 2.50. The van der Waals surface area contributed by atoms with Crippen molar-refractivity contribution in [3.05, 3.63) is 71.6 Å². The van der Waals surface area contributed by atoms with Crippen LogP contribution in [0, 0.1) is 0 Å². The van der Waals surface area contributed by atoms with Gasteiger partial charge in [-0.3, -0.25) is 14.8 Å². The maximum absolute atomic E-state index is 13.1. The molecule has 10 heteroatoms. The van der Waals surface area contributed by atoms with Crippen LogP contribution in [-0.4, -0.2) is 42.8 Å². The normalized spacial score (nSPS) is 11.4. The number of rotatable bonds is 5. The van der Waals surface area contributed by atoms with Gasteiger partial charge in [-0.15, -0.1) is 5.10 Å². The minimum atomic E-state index is -4.47. The lowest BCUT2D eigenvalue weighted by Gasteiger charge is -2.14. The van der Waals surface area contributed by atoms with Crippen molar-refractivity contribution < 1.29 is 18.0 Å². The van der Waals surface area contributed by atoms with Crippen LogP contribution in [0.15, 0.2) is 49.1 Å². The SMILES string of the molecule is CN(Cc1cnccn1)C(=O)c1cn(Cc2ccccc2C(F)(F)F)nn1. The molecule has 0 aliphatic carbocycles. The molecule has 2 heterocycles. The zero-order chi connectivity index (χ0) is 19.4. The maximum atomic E-state index is 13.1. The Hall–Kier alpha value is -3.30. The molecule has 0 atom stereocenters. The third-order valence-corrected chi connectivity index (χ3v) is 3.78. The van der Waals surface area contributed by atoms with Gasteiger partial charge in [-0.05, 0) is 11.6 Å². The number of hydrogen-bond donors (Lipinski definition) is 0. The van der Waals surface area contributed by atoms with E-state index in [9.17, 15) is 18.0 Å². The fourth-order valence-electron chi connectivity index (χ4n) is 2.50. The summed E-state index contributed by atoms with van der Waals surface area (Å²) in [5.41, 5.74) is -0.0688. The number of halogens is 3. The highest BCUT2D eigenvalue weighted by molar-refractivity contribution is 5.91. The molecule has 1 amide bonds. The number of carbonyl (C=O) groups excluding carboxylic acids is 1. The third kappa shape index (κ3) is 4.46. The number of benzene rings is 1. The van der Waals surface area contributed by atoms with E-state index in [1.54, 1.807) is 7.05 Å². The monoisotopic (exact) mass is 376 g/mol. The summed E-state index contributed by atoms with van der Waals surface area (Å²) in [6.07, 6.45) is 1.43. The summed E-state index contributed by atoms with van der Waals surface area (Å²) in [6.45, 7) is 0.0697. The van der Waals surface area contributed by atoms with Crippen LogP contribution in [0.1, 0.15) is 27.3 Å². The quantitative estimate of drug-likeness (QED) is 0.684.